The Morgan fingerprint density at radius 2 is 1.94 bits per heavy atom. The van der Waals surface area contributed by atoms with Crippen LogP contribution in [0.25, 0.3) is 17.1 Å². The van der Waals surface area contributed by atoms with Gasteiger partial charge in [-0.1, -0.05) is 24.3 Å². The summed E-state index contributed by atoms with van der Waals surface area (Å²) in [5.74, 6) is 0.692. The number of benzene rings is 2. The third kappa shape index (κ3) is 4.12. The van der Waals surface area contributed by atoms with Crippen LogP contribution >= 0.6 is 0 Å². The molecule has 5 rings (SSSR count). The lowest BCUT2D eigenvalue weighted by atomic mass is 10.0. The molecule has 1 amide bonds. The van der Waals surface area contributed by atoms with Gasteiger partial charge in [0.15, 0.2) is 0 Å². The van der Waals surface area contributed by atoms with Crippen molar-refractivity contribution in [2.24, 2.45) is 0 Å². The molecule has 0 radical (unpaired) electrons. The second-order valence-corrected chi connectivity index (χ2v) is 8.28. The molecule has 3 heterocycles. The topological polar surface area (TPSA) is 47.4 Å². The maximum absolute atomic E-state index is 13.3. The maximum atomic E-state index is 13.3. The predicted octanol–water partition coefficient (Wildman–Crippen LogP) is 4.90. The van der Waals surface area contributed by atoms with Crippen molar-refractivity contribution in [3.63, 3.8) is 0 Å². The fourth-order valence-electron chi connectivity index (χ4n) is 4.68. The number of carbonyl (C=O) groups is 1. The Morgan fingerprint density at radius 3 is 2.71 bits per heavy atom. The molecule has 0 aliphatic carbocycles. The van der Waals surface area contributed by atoms with E-state index in [0.717, 1.165) is 49.1 Å². The number of imidazole rings is 1. The molecule has 0 unspecified atom stereocenters. The molecule has 2 saturated heterocycles. The summed E-state index contributed by atoms with van der Waals surface area (Å²) in [6.07, 6.45) is 7.10. The minimum Gasteiger partial charge on any atom is -0.370 e. The first-order chi connectivity index (χ1) is 15.2. The largest absolute Gasteiger partial charge is 0.370 e. The second kappa shape index (κ2) is 8.63. The number of hydrogen-bond donors (Lipinski definition) is 0. The Morgan fingerprint density at radius 1 is 1.10 bits per heavy atom. The summed E-state index contributed by atoms with van der Waals surface area (Å²) in [6, 6.07) is 14.8. The monoisotopic (exact) mass is 419 g/mol. The van der Waals surface area contributed by atoms with Crippen LogP contribution in [-0.2, 0) is 9.53 Å². The summed E-state index contributed by atoms with van der Waals surface area (Å²) in [5.41, 5.74) is 2.84. The number of amides is 1. The average Bonchev–Trinajstić information content (AvgIpc) is 3.45. The Labute approximate surface area is 181 Å². The number of likely N-dealkylation sites (tertiary alicyclic amines) is 1. The van der Waals surface area contributed by atoms with E-state index >= 15 is 0 Å². The van der Waals surface area contributed by atoms with Crippen LogP contribution in [0.4, 0.5) is 4.39 Å². The van der Waals surface area contributed by atoms with Crippen LogP contribution in [0.3, 0.4) is 0 Å². The predicted molar refractivity (Wildman–Crippen MR) is 118 cm³/mol. The molecule has 2 aliphatic heterocycles. The highest BCUT2D eigenvalue weighted by Gasteiger charge is 2.30. The first kappa shape index (κ1) is 19.9. The quantitative estimate of drug-likeness (QED) is 0.565. The van der Waals surface area contributed by atoms with Crippen molar-refractivity contribution >= 4 is 23.0 Å². The SMILES string of the molecule is O=C(/C=C/c1cccc(F)c1)N1CCC(n2c([C@H]3CCCO3)nc3ccccc32)CC1. The molecule has 3 aromatic rings. The third-order valence-corrected chi connectivity index (χ3v) is 6.25. The lowest BCUT2D eigenvalue weighted by Gasteiger charge is -2.33. The van der Waals surface area contributed by atoms with Crippen LogP contribution in [0.5, 0.6) is 0 Å². The molecule has 1 atom stereocenters. The highest BCUT2D eigenvalue weighted by Crippen LogP contribution is 2.35. The molecule has 0 N–H and O–H groups in total. The minimum atomic E-state index is -0.301. The first-order valence-electron chi connectivity index (χ1n) is 11.0. The number of para-hydroxylation sites is 2. The van der Waals surface area contributed by atoms with E-state index in [1.165, 1.54) is 12.1 Å². The zero-order valence-corrected chi connectivity index (χ0v) is 17.4. The van der Waals surface area contributed by atoms with Gasteiger partial charge in [0.05, 0.1) is 11.0 Å². The van der Waals surface area contributed by atoms with Crippen LogP contribution < -0.4 is 0 Å². The lowest BCUT2D eigenvalue weighted by Crippen LogP contribution is -2.38. The zero-order chi connectivity index (χ0) is 21.2. The standard InChI is InChI=1S/C25H26FN3O2/c26-19-6-3-5-18(17-19)10-11-24(30)28-14-12-20(13-15-28)29-22-8-2-1-7-21(22)27-25(29)23-9-4-16-31-23/h1-3,5-8,10-11,17,20,23H,4,9,12-16H2/b11-10+/t23-/m1/s1. The number of rotatable bonds is 4. The lowest BCUT2D eigenvalue weighted by molar-refractivity contribution is -0.127. The molecule has 0 bridgehead atoms. The molecule has 6 heteroatoms. The number of ether oxygens (including phenoxy) is 1. The van der Waals surface area contributed by atoms with E-state index in [9.17, 15) is 9.18 Å². The van der Waals surface area contributed by atoms with Crippen molar-refractivity contribution in [2.75, 3.05) is 19.7 Å². The molecular weight excluding hydrogens is 393 g/mol. The number of piperidine rings is 1. The van der Waals surface area contributed by atoms with E-state index in [1.807, 2.05) is 11.0 Å². The molecule has 2 aromatic carbocycles. The summed E-state index contributed by atoms with van der Waals surface area (Å²) in [4.78, 5) is 19.4. The molecule has 31 heavy (non-hydrogen) atoms. The van der Waals surface area contributed by atoms with E-state index in [4.69, 9.17) is 9.72 Å². The summed E-state index contributed by atoms with van der Waals surface area (Å²) < 4.78 is 21.6. The summed E-state index contributed by atoms with van der Waals surface area (Å²) in [6.45, 7) is 2.17. The number of carbonyl (C=O) groups excluding carboxylic acids is 1. The Balaban J connectivity index is 1.31. The van der Waals surface area contributed by atoms with Gasteiger partial charge in [0.25, 0.3) is 0 Å². The van der Waals surface area contributed by atoms with Crippen LogP contribution in [0.15, 0.2) is 54.6 Å². The summed E-state index contributed by atoms with van der Waals surface area (Å²) >= 11 is 0. The van der Waals surface area contributed by atoms with Gasteiger partial charge in [0, 0.05) is 31.8 Å². The number of halogens is 1. The molecule has 1 aromatic heterocycles. The number of aromatic nitrogens is 2. The van der Waals surface area contributed by atoms with Crippen molar-refractivity contribution in [1.29, 1.82) is 0 Å². The zero-order valence-electron chi connectivity index (χ0n) is 17.4. The fraction of sp³-hybridized carbons (Fsp3) is 0.360. The minimum absolute atomic E-state index is 0.0300. The summed E-state index contributed by atoms with van der Waals surface area (Å²) in [5, 5.41) is 0. The van der Waals surface area contributed by atoms with Crippen molar-refractivity contribution in [2.45, 2.75) is 37.8 Å². The van der Waals surface area contributed by atoms with Crippen molar-refractivity contribution in [3.8, 4) is 0 Å². The van der Waals surface area contributed by atoms with E-state index < -0.39 is 0 Å². The van der Waals surface area contributed by atoms with Gasteiger partial charge in [0.1, 0.15) is 17.7 Å². The molecule has 0 spiro atoms. The van der Waals surface area contributed by atoms with Crippen LogP contribution in [0.2, 0.25) is 0 Å². The van der Waals surface area contributed by atoms with Gasteiger partial charge in [-0.05, 0) is 61.6 Å². The Kier molecular flexibility index (Phi) is 5.55. The normalized spacial score (nSPS) is 20.2. The van der Waals surface area contributed by atoms with Crippen molar-refractivity contribution < 1.29 is 13.9 Å². The third-order valence-electron chi connectivity index (χ3n) is 6.25. The Hall–Kier alpha value is -2.99. The number of fused-ring (bicyclic) bond motifs is 1. The van der Waals surface area contributed by atoms with Gasteiger partial charge in [-0.3, -0.25) is 4.79 Å². The average molecular weight is 420 g/mol. The number of hydrogen-bond acceptors (Lipinski definition) is 3. The van der Waals surface area contributed by atoms with Gasteiger partial charge in [-0.2, -0.15) is 0 Å². The van der Waals surface area contributed by atoms with Gasteiger partial charge in [0.2, 0.25) is 5.91 Å². The van der Waals surface area contributed by atoms with Gasteiger partial charge < -0.3 is 14.2 Å². The second-order valence-electron chi connectivity index (χ2n) is 8.28. The van der Waals surface area contributed by atoms with Gasteiger partial charge in [-0.15, -0.1) is 0 Å². The highest BCUT2D eigenvalue weighted by atomic mass is 19.1. The van der Waals surface area contributed by atoms with Crippen LogP contribution in [0, 0.1) is 5.82 Å². The molecule has 160 valence electrons. The molecular formula is C25H26FN3O2. The maximum Gasteiger partial charge on any atom is 0.246 e. The van der Waals surface area contributed by atoms with Crippen LogP contribution in [-0.4, -0.2) is 40.1 Å². The molecule has 5 nitrogen and oxygen atoms in total. The summed E-state index contributed by atoms with van der Waals surface area (Å²) in [7, 11) is 0. The van der Waals surface area contributed by atoms with E-state index in [1.54, 1.807) is 24.3 Å². The first-order valence-corrected chi connectivity index (χ1v) is 11.0. The van der Waals surface area contributed by atoms with E-state index in [-0.39, 0.29) is 17.8 Å². The highest BCUT2D eigenvalue weighted by molar-refractivity contribution is 5.91. The molecule has 2 aliphatic rings. The smallest absolute Gasteiger partial charge is 0.246 e. The number of nitrogens with zero attached hydrogens (tertiary/aromatic N) is 3. The van der Waals surface area contributed by atoms with E-state index in [0.29, 0.717) is 24.7 Å². The fourth-order valence-corrected chi connectivity index (χ4v) is 4.68. The van der Waals surface area contributed by atoms with Gasteiger partial charge in [-0.25, -0.2) is 9.37 Å². The van der Waals surface area contributed by atoms with E-state index in [2.05, 4.69) is 22.8 Å². The van der Waals surface area contributed by atoms with Gasteiger partial charge >= 0.3 is 0 Å². The van der Waals surface area contributed by atoms with Crippen molar-refractivity contribution in [3.05, 3.63) is 71.8 Å². The molecule has 2 fully saturated rings. The Bertz CT molecular complexity index is 1110. The van der Waals surface area contributed by atoms with Crippen molar-refractivity contribution in [1.82, 2.24) is 14.5 Å². The molecule has 0 saturated carbocycles. The van der Waals surface area contributed by atoms with Crippen LogP contribution in [0.1, 0.15) is 49.2 Å².